The van der Waals surface area contributed by atoms with E-state index in [2.05, 4.69) is 5.32 Å². The van der Waals surface area contributed by atoms with Crippen molar-refractivity contribution in [1.82, 2.24) is 8.61 Å². The van der Waals surface area contributed by atoms with Crippen LogP contribution in [0.15, 0.2) is 53.4 Å². The second-order valence-electron chi connectivity index (χ2n) is 7.46. The minimum Gasteiger partial charge on any atom is -0.495 e. The molecule has 0 radical (unpaired) electrons. The number of hydrogen-bond acceptors (Lipinski definition) is 7. The van der Waals surface area contributed by atoms with Crippen LogP contribution in [0.2, 0.25) is 0 Å². The fourth-order valence-corrected chi connectivity index (χ4v) is 5.47. The molecule has 1 amide bonds. The molecule has 0 saturated carbocycles. The lowest BCUT2D eigenvalue weighted by Gasteiger charge is -2.27. The first-order valence-corrected chi connectivity index (χ1v) is 13.4. The van der Waals surface area contributed by atoms with Gasteiger partial charge in [-0.1, -0.05) is 30.3 Å². The van der Waals surface area contributed by atoms with Gasteiger partial charge in [-0.15, -0.1) is 0 Å². The normalized spacial score (nSPS) is 16.4. The standard InChI is InChI=1S/C21H27N3O7S2/c1-23(32(3,26)27)20(16-7-5-4-6-8-16)21(25)22-18-15-17(9-10-19(18)30-2)33(28,29)24-11-13-31-14-12-24/h4-10,15,20H,11-14H2,1-3H3,(H,22,25)/t20-/m1/s1. The van der Waals surface area contributed by atoms with Gasteiger partial charge in [0.2, 0.25) is 26.0 Å². The maximum Gasteiger partial charge on any atom is 0.247 e. The first-order valence-electron chi connectivity index (χ1n) is 10.1. The first-order chi connectivity index (χ1) is 15.6. The summed E-state index contributed by atoms with van der Waals surface area (Å²) in [5.74, 6) is -0.425. The fraction of sp³-hybridized carbons (Fsp3) is 0.381. The Hall–Kier alpha value is -2.51. The van der Waals surface area contributed by atoms with E-state index in [4.69, 9.17) is 9.47 Å². The summed E-state index contributed by atoms with van der Waals surface area (Å²) in [6.07, 6.45) is 1.01. The van der Waals surface area contributed by atoms with Gasteiger partial charge in [-0.3, -0.25) is 4.79 Å². The Bertz CT molecular complexity index is 1200. The lowest BCUT2D eigenvalue weighted by molar-refractivity contribution is -0.119. The van der Waals surface area contributed by atoms with Gasteiger partial charge in [0, 0.05) is 20.1 Å². The van der Waals surface area contributed by atoms with Crippen LogP contribution in [-0.4, -0.2) is 78.1 Å². The Morgan fingerprint density at radius 1 is 1.09 bits per heavy atom. The minimum absolute atomic E-state index is 0.0202. The highest BCUT2D eigenvalue weighted by Gasteiger charge is 2.32. The summed E-state index contributed by atoms with van der Waals surface area (Å²) in [6.45, 7) is 1.06. The van der Waals surface area contributed by atoms with Crippen molar-refractivity contribution in [1.29, 1.82) is 0 Å². The van der Waals surface area contributed by atoms with E-state index in [1.54, 1.807) is 30.3 Å². The molecule has 0 aliphatic carbocycles. The number of ether oxygens (including phenoxy) is 2. The number of amides is 1. The fourth-order valence-electron chi connectivity index (χ4n) is 3.44. The van der Waals surface area contributed by atoms with Crippen molar-refractivity contribution in [3.63, 3.8) is 0 Å². The highest BCUT2D eigenvalue weighted by atomic mass is 32.2. The number of morpholine rings is 1. The van der Waals surface area contributed by atoms with Crippen LogP contribution in [0.25, 0.3) is 0 Å². The molecular weight excluding hydrogens is 470 g/mol. The van der Waals surface area contributed by atoms with Gasteiger partial charge >= 0.3 is 0 Å². The van der Waals surface area contributed by atoms with Gasteiger partial charge in [0.25, 0.3) is 0 Å². The van der Waals surface area contributed by atoms with Gasteiger partial charge in [0.15, 0.2) is 0 Å². The summed E-state index contributed by atoms with van der Waals surface area (Å²) in [5, 5.41) is 2.65. The van der Waals surface area contributed by atoms with Gasteiger partial charge < -0.3 is 14.8 Å². The number of carbonyl (C=O) groups excluding carboxylic acids is 1. The predicted molar refractivity (Wildman–Crippen MR) is 123 cm³/mol. The molecule has 0 spiro atoms. The van der Waals surface area contributed by atoms with E-state index in [0.717, 1.165) is 10.6 Å². The lowest BCUT2D eigenvalue weighted by atomic mass is 10.1. The molecule has 1 aliphatic heterocycles. The molecule has 33 heavy (non-hydrogen) atoms. The summed E-state index contributed by atoms with van der Waals surface area (Å²) in [6, 6.07) is 11.4. The van der Waals surface area contributed by atoms with Crippen LogP contribution in [0.1, 0.15) is 11.6 Å². The van der Waals surface area contributed by atoms with Crippen LogP contribution in [0.4, 0.5) is 5.69 Å². The monoisotopic (exact) mass is 497 g/mol. The van der Waals surface area contributed by atoms with Gasteiger partial charge in [-0.2, -0.15) is 8.61 Å². The average molecular weight is 498 g/mol. The second kappa shape index (κ2) is 10.2. The van der Waals surface area contributed by atoms with E-state index in [1.165, 1.54) is 36.7 Å². The molecule has 12 heteroatoms. The largest absolute Gasteiger partial charge is 0.495 e. The Morgan fingerprint density at radius 3 is 2.30 bits per heavy atom. The van der Waals surface area contributed by atoms with Gasteiger partial charge in [0.1, 0.15) is 11.8 Å². The number of likely N-dealkylation sites (N-methyl/N-ethyl adjacent to an activating group) is 1. The number of nitrogens with zero attached hydrogens (tertiary/aromatic N) is 2. The van der Waals surface area contributed by atoms with Gasteiger partial charge in [-0.05, 0) is 23.8 Å². The molecule has 0 aromatic heterocycles. The van der Waals surface area contributed by atoms with E-state index >= 15 is 0 Å². The van der Waals surface area contributed by atoms with Crippen LogP contribution in [-0.2, 0) is 29.6 Å². The Labute approximate surface area is 194 Å². The maximum atomic E-state index is 13.3. The van der Waals surface area contributed by atoms with Crippen LogP contribution >= 0.6 is 0 Å². The van der Waals surface area contributed by atoms with E-state index in [-0.39, 0.29) is 29.4 Å². The van der Waals surface area contributed by atoms with Crippen molar-refractivity contribution in [3.8, 4) is 5.75 Å². The quantitative estimate of drug-likeness (QED) is 0.583. The summed E-state index contributed by atoms with van der Waals surface area (Å²) in [4.78, 5) is 13.3. The van der Waals surface area contributed by atoms with Crippen molar-refractivity contribution in [2.45, 2.75) is 10.9 Å². The Balaban J connectivity index is 1.97. The molecule has 180 valence electrons. The molecule has 1 N–H and O–H groups in total. The maximum absolute atomic E-state index is 13.3. The van der Waals surface area contributed by atoms with E-state index in [9.17, 15) is 21.6 Å². The predicted octanol–water partition coefficient (Wildman–Crippen LogP) is 1.29. The number of rotatable bonds is 8. The summed E-state index contributed by atoms with van der Waals surface area (Å²) in [7, 11) is -4.84. The van der Waals surface area contributed by atoms with Gasteiger partial charge in [-0.25, -0.2) is 16.8 Å². The van der Waals surface area contributed by atoms with Crippen molar-refractivity contribution in [2.75, 3.05) is 52.0 Å². The number of carbonyl (C=O) groups is 1. The van der Waals surface area contributed by atoms with E-state index in [1.807, 2.05) is 0 Å². The molecule has 1 fully saturated rings. The Morgan fingerprint density at radius 2 is 1.73 bits per heavy atom. The van der Waals surface area contributed by atoms with Gasteiger partial charge in [0.05, 0.1) is 37.2 Å². The molecule has 3 rings (SSSR count). The number of anilines is 1. The number of sulfonamides is 2. The molecule has 0 unspecified atom stereocenters. The number of nitrogens with one attached hydrogen (secondary N) is 1. The number of methoxy groups -OCH3 is 1. The molecule has 2 aromatic rings. The van der Waals surface area contributed by atoms with Crippen LogP contribution in [0.5, 0.6) is 5.75 Å². The first kappa shape index (κ1) is 25.1. The third-order valence-corrected chi connectivity index (χ3v) is 8.44. The number of benzene rings is 2. The van der Waals surface area contributed by atoms with Crippen molar-refractivity contribution >= 4 is 31.6 Å². The zero-order valence-corrected chi connectivity index (χ0v) is 20.2. The SMILES string of the molecule is COc1ccc(S(=O)(=O)N2CCOCC2)cc1NC(=O)[C@@H](c1ccccc1)N(C)S(C)(=O)=O. The molecule has 1 aliphatic rings. The lowest BCUT2D eigenvalue weighted by Crippen LogP contribution is -2.40. The van der Waals surface area contributed by atoms with Crippen molar-refractivity contribution in [3.05, 3.63) is 54.1 Å². The molecular formula is C21H27N3O7S2. The molecule has 1 atom stereocenters. The minimum atomic E-state index is -3.82. The Kier molecular flexibility index (Phi) is 7.75. The van der Waals surface area contributed by atoms with E-state index in [0.29, 0.717) is 18.8 Å². The molecule has 0 bridgehead atoms. The highest BCUT2D eigenvalue weighted by Crippen LogP contribution is 2.31. The molecule has 2 aromatic carbocycles. The van der Waals surface area contributed by atoms with Crippen molar-refractivity contribution in [2.24, 2.45) is 0 Å². The summed E-state index contributed by atoms with van der Waals surface area (Å²) < 4.78 is 63.3. The summed E-state index contributed by atoms with van der Waals surface area (Å²) in [5.41, 5.74) is 0.568. The smallest absolute Gasteiger partial charge is 0.247 e. The molecule has 1 saturated heterocycles. The second-order valence-corrected chi connectivity index (χ2v) is 11.4. The average Bonchev–Trinajstić information content (AvgIpc) is 2.79. The van der Waals surface area contributed by atoms with Crippen LogP contribution in [0.3, 0.4) is 0 Å². The van der Waals surface area contributed by atoms with Crippen LogP contribution in [0, 0.1) is 0 Å². The third kappa shape index (κ3) is 5.71. The van der Waals surface area contributed by atoms with E-state index < -0.39 is 32.0 Å². The third-order valence-electron chi connectivity index (χ3n) is 5.29. The van der Waals surface area contributed by atoms with Crippen LogP contribution < -0.4 is 10.1 Å². The zero-order chi connectivity index (χ0) is 24.2. The topological polar surface area (TPSA) is 122 Å². The highest BCUT2D eigenvalue weighted by molar-refractivity contribution is 7.89. The zero-order valence-electron chi connectivity index (χ0n) is 18.6. The number of hydrogen-bond donors (Lipinski definition) is 1. The molecule has 10 nitrogen and oxygen atoms in total. The van der Waals surface area contributed by atoms with Crippen molar-refractivity contribution < 1.29 is 31.1 Å². The molecule has 1 heterocycles. The summed E-state index contributed by atoms with van der Waals surface area (Å²) >= 11 is 0.